The molecule has 96 valence electrons. The summed E-state index contributed by atoms with van der Waals surface area (Å²) in [6.07, 6.45) is 1.98. The molecule has 2 N–H and O–H groups in total. The lowest BCUT2D eigenvalue weighted by Gasteiger charge is -2.05. The third kappa shape index (κ3) is 4.44. The van der Waals surface area contributed by atoms with Crippen LogP contribution in [0.15, 0.2) is 0 Å². The predicted octanol–water partition coefficient (Wildman–Crippen LogP) is 2.50. The summed E-state index contributed by atoms with van der Waals surface area (Å²) in [5, 5.41) is 0.775. The molecule has 1 aromatic rings. The van der Waals surface area contributed by atoms with Crippen LogP contribution in [0.3, 0.4) is 0 Å². The molecule has 0 aliphatic heterocycles. The van der Waals surface area contributed by atoms with E-state index in [2.05, 4.69) is 18.8 Å². The van der Waals surface area contributed by atoms with Gasteiger partial charge in [-0.2, -0.15) is 0 Å². The Kier molecular flexibility index (Phi) is 5.58. The van der Waals surface area contributed by atoms with Crippen LogP contribution < -0.4 is 5.73 Å². The number of carbonyl (C=O) groups excluding carboxylic acids is 1. The fraction of sp³-hybridized carbons (Fsp3) is 0.667. The van der Waals surface area contributed by atoms with Gasteiger partial charge in [0.1, 0.15) is 9.88 Å². The highest BCUT2D eigenvalue weighted by atomic mass is 32.1. The normalized spacial score (nSPS) is 10.9. The molecule has 5 heteroatoms. The van der Waals surface area contributed by atoms with Crippen LogP contribution in [-0.2, 0) is 11.3 Å². The van der Waals surface area contributed by atoms with Gasteiger partial charge in [0.25, 0.3) is 0 Å². The molecule has 0 saturated heterocycles. The number of aromatic nitrogens is 1. The summed E-state index contributed by atoms with van der Waals surface area (Å²) in [6, 6.07) is 0. The summed E-state index contributed by atoms with van der Waals surface area (Å²) >= 11 is 1.32. The van der Waals surface area contributed by atoms with Crippen molar-refractivity contribution in [2.75, 3.05) is 6.61 Å². The van der Waals surface area contributed by atoms with Crippen molar-refractivity contribution in [3.63, 3.8) is 0 Å². The molecular weight excluding hydrogens is 236 g/mol. The Labute approximate surface area is 106 Å². The van der Waals surface area contributed by atoms with Crippen molar-refractivity contribution in [2.24, 2.45) is 11.7 Å². The fourth-order valence-electron chi connectivity index (χ4n) is 1.45. The molecule has 0 spiro atoms. The second-order valence-electron chi connectivity index (χ2n) is 4.40. The number of rotatable bonds is 6. The number of carbonyl (C=O) groups is 1. The van der Waals surface area contributed by atoms with Gasteiger partial charge in [-0.3, -0.25) is 0 Å². The molecular formula is C12H20N2O2S. The molecule has 0 amide bonds. The standard InChI is InChI=1S/C12H20N2O2S/c1-8(2)5-4-6-16-12(15)11-9(3)14-10(7-13)17-11/h8H,4-7,13H2,1-3H3. The third-order valence-corrected chi connectivity index (χ3v) is 3.52. The van der Waals surface area contributed by atoms with E-state index in [1.165, 1.54) is 11.3 Å². The van der Waals surface area contributed by atoms with E-state index < -0.39 is 0 Å². The Bertz CT molecular complexity index is 375. The molecule has 4 nitrogen and oxygen atoms in total. The molecule has 1 aromatic heterocycles. The zero-order chi connectivity index (χ0) is 12.8. The van der Waals surface area contributed by atoms with Gasteiger partial charge >= 0.3 is 5.97 Å². The first-order chi connectivity index (χ1) is 8.04. The molecule has 0 bridgehead atoms. The maximum atomic E-state index is 11.7. The summed E-state index contributed by atoms with van der Waals surface area (Å²) in [5.41, 5.74) is 6.20. The van der Waals surface area contributed by atoms with E-state index in [1.54, 1.807) is 6.92 Å². The molecule has 1 heterocycles. The van der Waals surface area contributed by atoms with Gasteiger partial charge < -0.3 is 10.5 Å². The maximum Gasteiger partial charge on any atom is 0.350 e. The summed E-state index contributed by atoms with van der Waals surface area (Å²) in [4.78, 5) is 16.5. The molecule has 0 saturated carbocycles. The number of esters is 1. The van der Waals surface area contributed by atoms with Gasteiger partial charge in [0.2, 0.25) is 0 Å². The summed E-state index contributed by atoms with van der Waals surface area (Å²) < 4.78 is 5.21. The van der Waals surface area contributed by atoms with Crippen LogP contribution in [-0.4, -0.2) is 17.6 Å². The minimum atomic E-state index is -0.275. The molecule has 0 radical (unpaired) electrons. The van der Waals surface area contributed by atoms with Crippen molar-refractivity contribution in [3.05, 3.63) is 15.6 Å². The molecule has 0 atom stereocenters. The summed E-state index contributed by atoms with van der Waals surface area (Å²) in [6.45, 7) is 6.96. The second-order valence-corrected chi connectivity index (χ2v) is 5.48. The highest BCUT2D eigenvalue weighted by molar-refractivity contribution is 7.13. The van der Waals surface area contributed by atoms with Crippen LogP contribution in [0.2, 0.25) is 0 Å². The number of aryl methyl sites for hydroxylation is 1. The zero-order valence-corrected chi connectivity index (χ0v) is 11.5. The predicted molar refractivity (Wildman–Crippen MR) is 69.1 cm³/mol. The highest BCUT2D eigenvalue weighted by Gasteiger charge is 2.15. The lowest BCUT2D eigenvalue weighted by atomic mass is 10.1. The van der Waals surface area contributed by atoms with Crippen LogP contribution in [0.4, 0.5) is 0 Å². The van der Waals surface area contributed by atoms with Gasteiger partial charge in [-0.05, 0) is 25.7 Å². The number of thiazole rings is 1. The first-order valence-electron chi connectivity index (χ1n) is 5.88. The van der Waals surface area contributed by atoms with E-state index in [0.717, 1.165) is 17.8 Å². The van der Waals surface area contributed by atoms with Crippen molar-refractivity contribution in [1.82, 2.24) is 4.98 Å². The molecule has 0 aliphatic carbocycles. The number of hydrogen-bond acceptors (Lipinski definition) is 5. The number of nitrogens with two attached hydrogens (primary N) is 1. The van der Waals surface area contributed by atoms with Crippen molar-refractivity contribution in [2.45, 2.75) is 40.2 Å². The largest absolute Gasteiger partial charge is 0.461 e. The van der Waals surface area contributed by atoms with E-state index >= 15 is 0 Å². The van der Waals surface area contributed by atoms with E-state index in [9.17, 15) is 4.79 Å². The Hall–Kier alpha value is -0.940. The second kappa shape index (κ2) is 6.71. The summed E-state index contributed by atoms with van der Waals surface area (Å²) in [5.74, 6) is 0.367. The summed E-state index contributed by atoms with van der Waals surface area (Å²) in [7, 11) is 0. The monoisotopic (exact) mass is 256 g/mol. The third-order valence-electron chi connectivity index (χ3n) is 2.36. The van der Waals surface area contributed by atoms with Crippen LogP contribution in [0, 0.1) is 12.8 Å². The quantitative estimate of drug-likeness (QED) is 0.627. The first-order valence-corrected chi connectivity index (χ1v) is 6.69. The van der Waals surface area contributed by atoms with Crippen LogP contribution >= 0.6 is 11.3 Å². The van der Waals surface area contributed by atoms with Crippen LogP contribution in [0.5, 0.6) is 0 Å². The van der Waals surface area contributed by atoms with Gasteiger partial charge in [-0.25, -0.2) is 9.78 Å². The average Bonchev–Trinajstić information content (AvgIpc) is 2.65. The molecule has 0 unspecified atom stereocenters. The lowest BCUT2D eigenvalue weighted by molar-refractivity contribution is 0.0499. The van der Waals surface area contributed by atoms with Crippen LogP contribution in [0.25, 0.3) is 0 Å². The molecule has 1 rings (SSSR count). The minimum absolute atomic E-state index is 0.275. The Morgan fingerprint density at radius 2 is 2.24 bits per heavy atom. The fourth-order valence-corrected chi connectivity index (χ4v) is 2.29. The number of ether oxygens (including phenoxy) is 1. The van der Waals surface area contributed by atoms with Crippen molar-refractivity contribution < 1.29 is 9.53 Å². The van der Waals surface area contributed by atoms with Crippen molar-refractivity contribution >= 4 is 17.3 Å². The van der Waals surface area contributed by atoms with E-state index in [-0.39, 0.29) is 5.97 Å². The molecule has 0 fully saturated rings. The van der Waals surface area contributed by atoms with E-state index in [4.69, 9.17) is 10.5 Å². The van der Waals surface area contributed by atoms with Gasteiger partial charge in [0, 0.05) is 6.54 Å². The van der Waals surface area contributed by atoms with Gasteiger partial charge in [0.15, 0.2) is 0 Å². The first kappa shape index (κ1) is 14.1. The highest BCUT2D eigenvalue weighted by Crippen LogP contribution is 2.18. The average molecular weight is 256 g/mol. The SMILES string of the molecule is Cc1nc(CN)sc1C(=O)OCCCC(C)C. The maximum absolute atomic E-state index is 11.7. The Morgan fingerprint density at radius 3 is 2.76 bits per heavy atom. The zero-order valence-electron chi connectivity index (χ0n) is 10.7. The van der Waals surface area contributed by atoms with Crippen molar-refractivity contribution in [1.29, 1.82) is 0 Å². The topological polar surface area (TPSA) is 65.2 Å². The Balaban J connectivity index is 2.44. The van der Waals surface area contributed by atoms with Gasteiger partial charge in [-0.1, -0.05) is 13.8 Å². The minimum Gasteiger partial charge on any atom is -0.461 e. The smallest absolute Gasteiger partial charge is 0.350 e. The molecule has 17 heavy (non-hydrogen) atoms. The lowest BCUT2D eigenvalue weighted by Crippen LogP contribution is -2.06. The van der Waals surface area contributed by atoms with Crippen LogP contribution in [0.1, 0.15) is 47.1 Å². The number of nitrogens with zero attached hydrogens (tertiary/aromatic N) is 1. The molecule has 0 aliphatic rings. The number of hydrogen-bond donors (Lipinski definition) is 1. The van der Waals surface area contributed by atoms with E-state index in [0.29, 0.717) is 29.6 Å². The van der Waals surface area contributed by atoms with E-state index in [1.807, 2.05) is 0 Å². The Morgan fingerprint density at radius 1 is 1.53 bits per heavy atom. The van der Waals surface area contributed by atoms with Gasteiger partial charge in [0.05, 0.1) is 12.3 Å². The molecule has 0 aromatic carbocycles. The van der Waals surface area contributed by atoms with Gasteiger partial charge in [-0.15, -0.1) is 11.3 Å². The van der Waals surface area contributed by atoms with Crippen molar-refractivity contribution in [3.8, 4) is 0 Å².